The van der Waals surface area contributed by atoms with Crippen LogP contribution in [0.25, 0.3) is 0 Å². The van der Waals surface area contributed by atoms with Gasteiger partial charge in [0.25, 0.3) is 0 Å². The van der Waals surface area contributed by atoms with Crippen LogP contribution in [0.15, 0.2) is 60.9 Å². The molecule has 1 aromatic heterocycles. The van der Waals surface area contributed by atoms with Crippen LogP contribution in [0.5, 0.6) is 11.6 Å². The molecule has 0 radical (unpaired) electrons. The lowest BCUT2D eigenvalue weighted by atomic mass is 10.2. The van der Waals surface area contributed by atoms with E-state index in [1.807, 2.05) is 73.5 Å². The predicted molar refractivity (Wildman–Crippen MR) is 92.2 cm³/mol. The molecule has 0 aliphatic rings. The van der Waals surface area contributed by atoms with Crippen LogP contribution in [-0.2, 0) is 0 Å². The van der Waals surface area contributed by atoms with E-state index in [0.717, 1.165) is 11.3 Å². The Labute approximate surface area is 135 Å². The molecule has 23 heavy (non-hydrogen) atoms. The van der Waals surface area contributed by atoms with E-state index >= 15 is 0 Å². The Balaban J connectivity index is 1.90. The molecule has 0 fully saturated rings. The average Bonchev–Trinajstić information content (AvgIpc) is 2.59. The molecule has 3 aromatic rings. The molecule has 0 amide bonds. The van der Waals surface area contributed by atoms with E-state index in [9.17, 15) is 0 Å². The Morgan fingerprint density at radius 2 is 1.65 bits per heavy atom. The molecule has 0 bridgehead atoms. The first-order chi connectivity index (χ1) is 11.1. The van der Waals surface area contributed by atoms with E-state index in [4.69, 9.17) is 10.5 Å². The third kappa shape index (κ3) is 3.23. The number of ether oxygens (including phenoxy) is 1. The summed E-state index contributed by atoms with van der Waals surface area (Å²) in [6.45, 7) is 2.02. The van der Waals surface area contributed by atoms with Crippen molar-refractivity contribution in [2.75, 3.05) is 17.7 Å². The fraction of sp³-hybridized carbons (Fsp3) is 0.111. The normalized spacial score (nSPS) is 10.3. The number of aryl methyl sites for hydroxylation is 1. The Bertz CT molecular complexity index is 788. The number of nitrogens with two attached hydrogens (primary N) is 1. The van der Waals surface area contributed by atoms with Gasteiger partial charge in [-0.25, -0.2) is 4.98 Å². The van der Waals surface area contributed by atoms with Crippen LogP contribution in [0.1, 0.15) is 5.56 Å². The van der Waals surface area contributed by atoms with Crippen LogP contribution in [0.4, 0.5) is 17.2 Å². The van der Waals surface area contributed by atoms with Crippen LogP contribution < -0.4 is 15.4 Å². The Hall–Kier alpha value is -3.08. The number of rotatable bonds is 4. The summed E-state index contributed by atoms with van der Waals surface area (Å²) in [7, 11) is 1.91. The summed E-state index contributed by atoms with van der Waals surface area (Å²) < 4.78 is 5.79. The lowest BCUT2D eigenvalue weighted by Crippen LogP contribution is -2.14. The standard InChI is InChI=1S/C18H18N4O/c1-13-8-10-15(11-9-13)23-18-16(19)17(20-12-21-18)22(2)14-6-4-3-5-7-14/h3-12H,19H2,1-2H3. The van der Waals surface area contributed by atoms with E-state index in [1.165, 1.54) is 6.33 Å². The van der Waals surface area contributed by atoms with E-state index in [2.05, 4.69) is 9.97 Å². The summed E-state index contributed by atoms with van der Waals surface area (Å²) >= 11 is 0. The Morgan fingerprint density at radius 1 is 0.957 bits per heavy atom. The quantitative estimate of drug-likeness (QED) is 0.791. The number of para-hydroxylation sites is 1. The number of nitrogens with zero attached hydrogens (tertiary/aromatic N) is 3. The van der Waals surface area contributed by atoms with Crippen LogP contribution >= 0.6 is 0 Å². The second-order valence-electron chi connectivity index (χ2n) is 5.23. The van der Waals surface area contributed by atoms with Crippen molar-refractivity contribution in [1.82, 2.24) is 9.97 Å². The third-order valence-electron chi connectivity index (χ3n) is 3.52. The number of nitrogen functional groups attached to an aromatic ring is 1. The number of anilines is 3. The molecule has 0 aliphatic carbocycles. The molecule has 0 saturated carbocycles. The van der Waals surface area contributed by atoms with Crippen molar-refractivity contribution in [2.24, 2.45) is 0 Å². The van der Waals surface area contributed by atoms with E-state index < -0.39 is 0 Å². The van der Waals surface area contributed by atoms with Gasteiger partial charge in [0.1, 0.15) is 17.8 Å². The molecule has 0 spiro atoms. The number of aromatic nitrogens is 2. The molecule has 5 nitrogen and oxygen atoms in total. The van der Waals surface area contributed by atoms with Gasteiger partial charge in [-0.05, 0) is 31.2 Å². The van der Waals surface area contributed by atoms with Gasteiger partial charge in [0.2, 0.25) is 5.88 Å². The van der Waals surface area contributed by atoms with Gasteiger partial charge in [0.15, 0.2) is 5.82 Å². The highest BCUT2D eigenvalue weighted by molar-refractivity contribution is 5.74. The fourth-order valence-corrected chi connectivity index (χ4v) is 2.21. The smallest absolute Gasteiger partial charge is 0.248 e. The second-order valence-corrected chi connectivity index (χ2v) is 5.23. The van der Waals surface area contributed by atoms with Gasteiger partial charge in [-0.3, -0.25) is 0 Å². The van der Waals surface area contributed by atoms with E-state index in [-0.39, 0.29) is 0 Å². The van der Waals surface area contributed by atoms with E-state index in [0.29, 0.717) is 23.1 Å². The molecule has 2 aromatic carbocycles. The summed E-state index contributed by atoms with van der Waals surface area (Å²) in [5.41, 5.74) is 8.76. The molecule has 0 unspecified atom stereocenters. The molecule has 3 rings (SSSR count). The van der Waals surface area contributed by atoms with Crippen molar-refractivity contribution in [3.63, 3.8) is 0 Å². The third-order valence-corrected chi connectivity index (χ3v) is 3.52. The first kappa shape index (κ1) is 14.8. The van der Waals surface area contributed by atoms with Crippen LogP contribution in [0.2, 0.25) is 0 Å². The monoisotopic (exact) mass is 306 g/mol. The molecule has 1 heterocycles. The molecule has 0 saturated heterocycles. The summed E-state index contributed by atoms with van der Waals surface area (Å²) in [6.07, 6.45) is 1.45. The van der Waals surface area contributed by atoms with Gasteiger partial charge in [-0.2, -0.15) is 4.98 Å². The van der Waals surface area contributed by atoms with Gasteiger partial charge in [0, 0.05) is 12.7 Å². The molecular weight excluding hydrogens is 288 g/mol. The average molecular weight is 306 g/mol. The Kier molecular flexibility index (Phi) is 4.10. The number of hydrogen-bond acceptors (Lipinski definition) is 5. The molecule has 0 aliphatic heterocycles. The highest BCUT2D eigenvalue weighted by Gasteiger charge is 2.15. The highest BCUT2D eigenvalue weighted by Crippen LogP contribution is 2.33. The van der Waals surface area contributed by atoms with Gasteiger partial charge in [-0.1, -0.05) is 35.9 Å². The SMILES string of the molecule is Cc1ccc(Oc2ncnc(N(C)c3ccccc3)c2N)cc1. The minimum atomic E-state index is 0.349. The second kappa shape index (κ2) is 6.36. The van der Waals surface area contributed by atoms with Crippen LogP contribution in [0, 0.1) is 6.92 Å². The number of hydrogen-bond donors (Lipinski definition) is 1. The maximum atomic E-state index is 6.21. The molecular formula is C18H18N4O. The zero-order valence-electron chi connectivity index (χ0n) is 13.1. The molecule has 2 N–H and O–H groups in total. The first-order valence-electron chi connectivity index (χ1n) is 7.29. The topological polar surface area (TPSA) is 64.3 Å². The summed E-state index contributed by atoms with van der Waals surface area (Å²) in [5, 5.41) is 0. The maximum Gasteiger partial charge on any atom is 0.248 e. The zero-order chi connectivity index (χ0) is 16.2. The van der Waals surface area contributed by atoms with E-state index in [1.54, 1.807) is 0 Å². The lowest BCUT2D eigenvalue weighted by molar-refractivity contribution is 0.464. The van der Waals surface area contributed by atoms with Crippen molar-refractivity contribution in [3.8, 4) is 11.6 Å². The largest absolute Gasteiger partial charge is 0.437 e. The van der Waals surface area contributed by atoms with Crippen LogP contribution in [-0.4, -0.2) is 17.0 Å². The summed E-state index contributed by atoms with van der Waals surface area (Å²) in [4.78, 5) is 10.3. The molecule has 5 heteroatoms. The van der Waals surface area contributed by atoms with Gasteiger partial charge < -0.3 is 15.4 Å². The summed E-state index contributed by atoms with van der Waals surface area (Å²) in [5.74, 6) is 1.64. The lowest BCUT2D eigenvalue weighted by Gasteiger charge is -2.20. The molecule has 0 atom stereocenters. The van der Waals surface area contributed by atoms with Crippen molar-refractivity contribution < 1.29 is 4.74 Å². The summed E-state index contributed by atoms with van der Waals surface area (Å²) in [6, 6.07) is 17.6. The fourth-order valence-electron chi connectivity index (χ4n) is 2.21. The zero-order valence-corrected chi connectivity index (χ0v) is 13.1. The Morgan fingerprint density at radius 3 is 2.35 bits per heavy atom. The first-order valence-corrected chi connectivity index (χ1v) is 7.29. The van der Waals surface area contributed by atoms with Gasteiger partial charge >= 0.3 is 0 Å². The van der Waals surface area contributed by atoms with Crippen molar-refractivity contribution in [3.05, 3.63) is 66.5 Å². The van der Waals surface area contributed by atoms with Crippen molar-refractivity contribution in [1.29, 1.82) is 0 Å². The molecule has 116 valence electrons. The van der Waals surface area contributed by atoms with Gasteiger partial charge in [0.05, 0.1) is 0 Å². The highest BCUT2D eigenvalue weighted by atomic mass is 16.5. The minimum absolute atomic E-state index is 0.349. The predicted octanol–water partition coefficient (Wildman–Crippen LogP) is 3.93. The maximum absolute atomic E-state index is 6.21. The minimum Gasteiger partial charge on any atom is -0.437 e. The van der Waals surface area contributed by atoms with Crippen molar-refractivity contribution in [2.45, 2.75) is 6.92 Å². The van der Waals surface area contributed by atoms with Gasteiger partial charge in [-0.15, -0.1) is 0 Å². The van der Waals surface area contributed by atoms with Crippen molar-refractivity contribution >= 4 is 17.2 Å². The number of benzene rings is 2. The van der Waals surface area contributed by atoms with Crippen LogP contribution in [0.3, 0.4) is 0 Å².